The second-order valence-corrected chi connectivity index (χ2v) is 13.5. The summed E-state index contributed by atoms with van der Waals surface area (Å²) >= 11 is 0. The summed E-state index contributed by atoms with van der Waals surface area (Å²) in [6, 6.07) is 23.4. The van der Waals surface area contributed by atoms with Crippen LogP contribution in [0.4, 0.5) is 26.3 Å². The highest BCUT2D eigenvalue weighted by molar-refractivity contribution is 5.48. The van der Waals surface area contributed by atoms with Crippen molar-refractivity contribution >= 4 is 0 Å². The van der Waals surface area contributed by atoms with Crippen LogP contribution >= 0.6 is 0 Å². The third-order valence-corrected chi connectivity index (χ3v) is 8.58. The van der Waals surface area contributed by atoms with Crippen molar-refractivity contribution in [1.29, 1.82) is 0 Å². The third kappa shape index (κ3) is 8.55. The normalized spacial score (nSPS) is 12.8. The Morgan fingerprint density at radius 3 is 1.19 bits per heavy atom. The standard InChI is InChI=1S/C38H40F6O2.C2H6/c1-25(2)35(6,7)46-33-22-16-30(17-23-33)36(37(39,40)41,38(42,43)44)29-14-20-32(21-15-29)45-31-18-10-27(11-19-31)24-26-8-12-28(13-9-26)34(3,4)5;1-2/h8-23,25H,24H2,1-7H3;1-2H3. The van der Waals surface area contributed by atoms with E-state index in [1.807, 2.05) is 39.8 Å². The molecule has 0 radical (unpaired) electrons. The molecular formula is C40H46F6O2. The monoisotopic (exact) mass is 672 g/mol. The molecule has 8 heteroatoms. The van der Waals surface area contributed by atoms with Gasteiger partial charge in [0.15, 0.2) is 0 Å². The average Bonchev–Trinajstić information content (AvgIpc) is 2.99. The molecule has 0 saturated heterocycles. The lowest BCUT2D eigenvalue weighted by Crippen LogP contribution is -2.54. The number of hydrogen-bond acceptors (Lipinski definition) is 2. The smallest absolute Gasteiger partial charge is 0.411 e. The Labute approximate surface area is 281 Å². The van der Waals surface area contributed by atoms with Crippen molar-refractivity contribution in [3.8, 4) is 17.2 Å². The highest BCUT2D eigenvalue weighted by Crippen LogP contribution is 2.56. The molecule has 48 heavy (non-hydrogen) atoms. The van der Waals surface area contributed by atoms with Gasteiger partial charge < -0.3 is 9.47 Å². The lowest BCUT2D eigenvalue weighted by Gasteiger charge is -2.38. The highest BCUT2D eigenvalue weighted by atomic mass is 19.4. The van der Waals surface area contributed by atoms with E-state index in [0.717, 1.165) is 59.7 Å². The van der Waals surface area contributed by atoms with E-state index in [4.69, 9.17) is 9.47 Å². The van der Waals surface area contributed by atoms with Gasteiger partial charge in [0.1, 0.15) is 22.8 Å². The van der Waals surface area contributed by atoms with E-state index < -0.39 is 34.5 Å². The van der Waals surface area contributed by atoms with Crippen LogP contribution in [0.15, 0.2) is 97.1 Å². The lowest BCUT2D eigenvalue weighted by molar-refractivity contribution is -0.288. The summed E-state index contributed by atoms with van der Waals surface area (Å²) in [5.74, 6) is 0.727. The largest absolute Gasteiger partial charge is 0.488 e. The molecule has 0 saturated carbocycles. The van der Waals surface area contributed by atoms with Crippen molar-refractivity contribution in [2.75, 3.05) is 0 Å². The van der Waals surface area contributed by atoms with Crippen molar-refractivity contribution in [2.45, 2.75) is 97.5 Å². The SMILES string of the molecule is CC.CC(C)C(C)(C)Oc1ccc(C(c2ccc(Oc3ccc(Cc4ccc(C(C)(C)C)cc4)cc3)cc2)(C(F)(F)F)C(F)(F)F)cc1. The zero-order chi connectivity index (χ0) is 36.1. The Hall–Kier alpha value is -3.94. The van der Waals surface area contributed by atoms with Gasteiger partial charge in [0.2, 0.25) is 5.41 Å². The summed E-state index contributed by atoms with van der Waals surface area (Å²) in [6.45, 7) is 17.9. The molecule has 0 aliphatic carbocycles. The van der Waals surface area contributed by atoms with Crippen LogP contribution in [0.3, 0.4) is 0 Å². The zero-order valence-electron chi connectivity index (χ0n) is 29.1. The molecule has 0 bridgehead atoms. The molecule has 0 unspecified atom stereocenters. The van der Waals surface area contributed by atoms with Crippen LogP contribution in [0.1, 0.15) is 90.1 Å². The summed E-state index contributed by atoms with van der Waals surface area (Å²) < 4.78 is 99.5. The Morgan fingerprint density at radius 2 is 0.833 bits per heavy atom. The van der Waals surface area contributed by atoms with Crippen molar-refractivity contribution in [2.24, 2.45) is 5.92 Å². The Balaban J connectivity index is 0.00000307. The summed E-state index contributed by atoms with van der Waals surface area (Å²) in [6.07, 6.45) is -10.7. The molecule has 0 aliphatic heterocycles. The number of ether oxygens (including phenoxy) is 2. The van der Waals surface area contributed by atoms with Crippen LogP contribution in [0.5, 0.6) is 17.2 Å². The van der Waals surface area contributed by atoms with Gasteiger partial charge in [0.05, 0.1) is 0 Å². The fourth-order valence-electron chi connectivity index (χ4n) is 5.12. The summed E-state index contributed by atoms with van der Waals surface area (Å²) in [7, 11) is 0. The topological polar surface area (TPSA) is 18.5 Å². The minimum atomic E-state index is -5.70. The van der Waals surface area contributed by atoms with Crippen LogP contribution in [0.2, 0.25) is 0 Å². The number of hydrogen-bond donors (Lipinski definition) is 0. The zero-order valence-corrected chi connectivity index (χ0v) is 29.1. The first-order valence-corrected chi connectivity index (χ1v) is 16.1. The van der Waals surface area contributed by atoms with E-state index in [0.29, 0.717) is 12.2 Å². The summed E-state index contributed by atoms with van der Waals surface area (Å²) in [5, 5.41) is 0. The first-order chi connectivity index (χ1) is 22.2. The lowest BCUT2D eigenvalue weighted by atomic mass is 9.73. The van der Waals surface area contributed by atoms with Gasteiger partial charge in [-0.25, -0.2) is 0 Å². The molecule has 0 atom stereocenters. The summed E-state index contributed by atoms with van der Waals surface area (Å²) in [5.41, 5.74) is -3.42. The maximum absolute atomic E-state index is 14.7. The van der Waals surface area contributed by atoms with E-state index in [2.05, 4.69) is 45.0 Å². The van der Waals surface area contributed by atoms with Crippen molar-refractivity contribution in [1.82, 2.24) is 0 Å². The fourth-order valence-corrected chi connectivity index (χ4v) is 5.12. The first-order valence-electron chi connectivity index (χ1n) is 16.1. The predicted octanol–water partition coefficient (Wildman–Crippen LogP) is 12.6. The molecule has 0 N–H and O–H groups in total. The number of halogens is 6. The van der Waals surface area contributed by atoms with Gasteiger partial charge in [-0.15, -0.1) is 0 Å². The molecule has 4 aromatic carbocycles. The molecular weight excluding hydrogens is 626 g/mol. The molecule has 0 heterocycles. The Morgan fingerprint density at radius 1 is 0.500 bits per heavy atom. The molecule has 0 aromatic heterocycles. The van der Waals surface area contributed by atoms with Gasteiger partial charge in [0.25, 0.3) is 0 Å². The predicted molar refractivity (Wildman–Crippen MR) is 181 cm³/mol. The molecule has 2 nitrogen and oxygen atoms in total. The highest BCUT2D eigenvalue weighted by Gasteiger charge is 2.72. The van der Waals surface area contributed by atoms with Crippen molar-refractivity contribution in [3.63, 3.8) is 0 Å². The molecule has 4 rings (SSSR count). The minimum Gasteiger partial charge on any atom is -0.488 e. The Kier molecular flexibility index (Phi) is 11.8. The van der Waals surface area contributed by atoms with Crippen LogP contribution in [-0.4, -0.2) is 18.0 Å². The van der Waals surface area contributed by atoms with Crippen LogP contribution in [0, 0.1) is 5.92 Å². The van der Waals surface area contributed by atoms with Gasteiger partial charge in [-0.05, 0) is 95.8 Å². The third-order valence-electron chi connectivity index (χ3n) is 8.58. The minimum absolute atomic E-state index is 0.0479. The van der Waals surface area contributed by atoms with Gasteiger partial charge in [0, 0.05) is 0 Å². The maximum Gasteiger partial charge on any atom is 0.411 e. The second kappa shape index (κ2) is 14.7. The fraction of sp³-hybridized carbons (Fsp3) is 0.400. The molecule has 260 valence electrons. The Bertz CT molecular complexity index is 1560. The number of rotatable bonds is 9. The average molecular weight is 673 g/mol. The molecule has 0 fully saturated rings. The first kappa shape index (κ1) is 38.5. The van der Waals surface area contributed by atoms with Gasteiger partial charge in [-0.2, -0.15) is 26.3 Å². The van der Waals surface area contributed by atoms with Crippen molar-refractivity contribution < 1.29 is 35.8 Å². The summed E-state index contributed by atoms with van der Waals surface area (Å²) in [4.78, 5) is 0. The van der Waals surface area contributed by atoms with Crippen LogP contribution in [-0.2, 0) is 17.3 Å². The second-order valence-electron chi connectivity index (χ2n) is 13.5. The molecule has 0 aliphatic rings. The van der Waals surface area contributed by atoms with E-state index in [9.17, 15) is 26.3 Å². The molecule has 0 amide bonds. The van der Waals surface area contributed by atoms with E-state index >= 15 is 0 Å². The van der Waals surface area contributed by atoms with Gasteiger partial charge in [-0.1, -0.05) is 109 Å². The van der Waals surface area contributed by atoms with E-state index in [1.165, 1.54) is 5.56 Å². The maximum atomic E-state index is 14.7. The quantitative estimate of drug-likeness (QED) is 0.165. The van der Waals surface area contributed by atoms with Crippen LogP contribution < -0.4 is 9.47 Å². The van der Waals surface area contributed by atoms with E-state index in [1.54, 1.807) is 26.0 Å². The number of benzene rings is 4. The molecule has 4 aromatic rings. The molecule has 0 spiro atoms. The number of alkyl halides is 6. The van der Waals surface area contributed by atoms with Gasteiger partial charge >= 0.3 is 12.4 Å². The van der Waals surface area contributed by atoms with Gasteiger partial charge in [-0.3, -0.25) is 0 Å². The van der Waals surface area contributed by atoms with Crippen molar-refractivity contribution in [3.05, 3.63) is 125 Å². The van der Waals surface area contributed by atoms with Crippen LogP contribution in [0.25, 0.3) is 0 Å². The van der Waals surface area contributed by atoms with E-state index in [-0.39, 0.29) is 22.8 Å².